The number of nitrogens with one attached hydrogen (secondary N) is 1. The molecule has 106 valence electrons. The molecule has 1 saturated heterocycles. The Bertz CT molecular complexity index is 385. The molecule has 1 aromatic rings. The van der Waals surface area contributed by atoms with Gasteiger partial charge < -0.3 is 10.1 Å². The lowest BCUT2D eigenvalue weighted by atomic mass is 9.96. The summed E-state index contributed by atoms with van der Waals surface area (Å²) in [7, 11) is 1.73. The fourth-order valence-corrected chi connectivity index (χ4v) is 2.66. The first-order valence-corrected chi connectivity index (χ1v) is 6.95. The molecule has 0 spiro atoms. The highest BCUT2D eigenvalue weighted by Crippen LogP contribution is 2.27. The van der Waals surface area contributed by atoms with Crippen LogP contribution >= 0.6 is 0 Å². The number of rotatable bonds is 5. The molecule has 1 fully saturated rings. The van der Waals surface area contributed by atoms with Crippen molar-refractivity contribution < 1.29 is 13.5 Å². The third-order valence-corrected chi connectivity index (χ3v) is 3.75. The summed E-state index contributed by atoms with van der Waals surface area (Å²) in [6.45, 7) is 0.808. The summed E-state index contributed by atoms with van der Waals surface area (Å²) >= 11 is 0. The van der Waals surface area contributed by atoms with Crippen LogP contribution in [-0.2, 0) is 4.74 Å². The largest absolute Gasteiger partial charge is 0.378 e. The molecule has 0 aliphatic carbocycles. The molecule has 2 rings (SSSR count). The summed E-state index contributed by atoms with van der Waals surface area (Å²) in [5.74, 6) is -0.965. The normalized spacial score (nSPS) is 21.3. The van der Waals surface area contributed by atoms with Crippen molar-refractivity contribution in [1.29, 1.82) is 0 Å². The summed E-state index contributed by atoms with van der Waals surface area (Å²) < 4.78 is 33.1. The summed E-state index contributed by atoms with van der Waals surface area (Å²) in [5.41, 5.74) is 0.140. The van der Waals surface area contributed by atoms with E-state index < -0.39 is 11.6 Å². The second-order valence-corrected chi connectivity index (χ2v) is 5.04. The highest BCUT2D eigenvalue weighted by Gasteiger charge is 2.21. The third-order valence-electron chi connectivity index (χ3n) is 3.75. The van der Waals surface area contributed by atoms with E-state index in [0.717, 1.165) is 25.9 Å². The molecule has 1 heterocycles. The summed E-state index contributed by atoms with van der Waals surface area (Å²) in [6, 6.07) is 3.71. The van der Waals surface area contributed by atoms with E-state index in [0.29, 0.717) is 6.42 Å². The van der Waals surface area contributed by atoms with Crippen LogP contribution in [0.4, 0.5) is 8.78 Å². The van der Waals surface area contributed by atoms with Gasteiger partial charge in [0.05, 0.1) is 6.10 Å². The summed E-state index contributed by atoms with van der Waals surface area (Å²) in [5, 5.41) is 3.00. The minimum absolute atomic E-state index is 0.140. The number of ether oxygens (including phenoxy) is 1. The molecule has 0 bridgehead atoms. The van der Waals surface area contributed by atoms with E-state index in [1.54, 1.807) is 7.05 Å². The zero-order valence-corrected chi connectivity index (χ0v) is 11.3. The second-order valence-electron chi connectivity index (χ2n) is 5.04. The quantitative estimate of drug-likeness (QED) is 0.882. The predicted octanol–water partition coefficient (Wildman–Crippen LogP) is 3.57. The molecule has 2 unspecified atom stereocenters. The number of benzene rings is 1. The number of hydrogen-bond donors (Lipinski definition) is 1. The van der Waals surface area contributed by atoms with Gasteiger partial charge in [0.15, 0.2) is 0 Å². The van der Waals surface area contributed by atoms with Crippen molar-refractivity contribution in [3.05, 3.63) is 35.4 Å². The predicted molar refractivity (Wildman–Crippen MR) is 71.0 cm³/mol. The van der Waals surface area contributed by atoms with Crippen LogP contribution in [-0.4, -0.2) is 19.8 Å². The van der Waals surface area contributed by atoms with Crippen molar-refractivity contribution in [3.63, 3.8) is 0 Å². The highest BCUT2D eigenvalue weighted by molar-refractivity contribution is 5.23. The van der Waals surface area contributed by atoms with Crippen LogP contribution in [0, 0.1) is 11.6 Å². The molecule has 2 nitrogen and oxygen atoms in total. The molecule has 19 heavy (non-hydrogen) atoms. The van der Waals surface area contributed by atoms with Crippen LogP contribution in [0.15, 0.2) is 18.2 Å². The number of halogens is 2. The molecular weight excluding hydrogens is 248 g/mol. The van der Waals surface area contributed by atoms with Gasteiger partial charge in [-0.25, -0.2) is 8.78 Å². The molecular formula is C15H21F2NO. The molecule has 2 atom stereocenters. The summed E-state index contributed by atoms with van der Waals surface area (Å²) in [6.07, 6.45) is 5.10. The molecule has 0 amide bonds. The molecule has 0 saturated carbocycles. The van der Waals surface area contributed by atoms with Crippen LogP contribution in [0.3, 0.4) is 0 Å². The fraction of sp³-hybridized carbons (Fsp3) is 0.600. The van der Waals surface area contributed by atoms with Crippen molar-refractivity contribution in [3.8, 4) is 0 Å². The molecule has 1 N–H and O–H groups in total. The standard InChI is InChI=1S/C15H21F2NO/c1-18-14(9-8-11-5-2-3-10-19-11)15-12(16)6-4-7-13(15)17/h4,6-7,11,14,18H,2-3,5,8-10H2,1H3. The summed E-state index contributed by atoms with van der Waals surface area (Å²) in [4.78, 5) is 0. The lowest BCUT2D eigenvalue weighted by Gasteiger charge is -2.25. The first kappa shape index (κ1) is 14.4. The van der Waals surface area contributed by atoms with Gasteiger partial charge in [-0.2, -0.15) is 0 Å². The Hall–Kier alpha value is -1.00. The highest BCUT2D eigenvalue weighted by atomic mass is 19.1. The average Bonchev–Trinajstić information content (AvgIpc) is 2.43. The van der Waals surface area contributed by atoms with Crippen LogP contribution in [0.5, 0.6) is 0 Å². The molecule has 0 aromatic heterocycles. The minimum atomic E-state index is -0.482. The van der Waals surface area contributed by atoms with Gasteiger partial charge in [-0.3, -0.25) is 0 Å². The van der Waals surface area contributed by atoms with Crippen molar-refractivity contribution in [2.45, 2.75) is 44.2 Å². The van der Waals surface area contributed by atoms with Crippen LogP contribution in [0.1, 0.15) is 43.7 Å². The molecule has 0 radical (unpaired) electrons. The van der Waals surface area contributed by atoms with Gasteiger partial charge in [-0.1, -0.05) is 6.07 Å². The first-order valence-electron chi connectivity index (χ1n) is 6.95. The van der Waals surface area contributed by atoms with E-state index in [-0.39, 0.29) is 17.7 Å². The van der Waals surface area contributed by atoms with Crippen molar-refractivity contribution in [2.24, 2.45) is 0 Å². The van der Waals surface area contributed by atoms with Gasteiger partial charge >= 0.3 is 0 Å². The molecule has 1 aliphatic heterocycles. The third kappa shape index (κ3) is 3.74. The Balaban J connectivity index is 1.99. The van der Waals surface area contributed by atoms with Gasteiger partial charge in [-0.05, 0) is 51.3 Å². The van der Waals surface area contributed by atoms with Crippen LogP contribution in [0.25, 0.3) is 0 Å². The SMILES string of the molecule is CNC(CCC1CCCCO1)c1c(F)cccc1F. The molecule has 1 aliphatic rings. The first-order chi connectivity index (χ1) is 9.22. The van der Waals surface area contributed by atoms with Gasteiger partial charge in [0.25, 0.3) is 0 Å². The Labute approximate surface area is 113 Å². The van der Waals surface area contributed by atoms with Crippen LogP contribution < -0.4 is 5.32 Å². The fourth-order valence-electron chi connectivity index (χ4n) is 2.66. The average molecular weight is 269 g/mol. The smallest absolute Gasteiger partial charge is 0.130 e. The van der Waals surface area contributed by atoms with Crippen molar-refractivity contribution >= 4 is 0 Å². The zero-order valence-electron chi connectivity index (χ0n) is 11.3. The lowest BCUT2D eigenvalue weighted by Crippen LogP contribution is -2.24. The van der Waals surface area contributed by atoms with Gasteiger partial charge in [0, 0.05) is 18.2 Å². The minimum Gasteiger partial charge on any atom is -0.378 e. The van der Waals surface area contributed by atoms with Gasteiger partial charge in [-0.15, -0.1) is 0 Å². The molecule has 1 aromatic carbocycles. The molecule has 4 heteroatoms. The van der Waals surface area contributed by atoms with E-state index in [1.807, 2.05) is 0 Å². The number of hydrogen-bond acceptors (Lipinski definition) is 2. The van der Waals surface area contributed by atoms with E-state index in [9.17, 15) is 8.78 Å². The van der Waals surface area contributed by atoms with Gasteiger partial charge in [0.1, 0.15) is 11.6 Å². The Morgan fingerprint density at radius 2 is 2.05 bits per heavy atom. The zero-order chi connectivity index (χ0) is 13.7. The van der Waals surface area contributed by atoms with Crippen molar-refractivity contribution in [2.75, 3.05) is 13.7 Å². The van der Waals surface area contributed by atoms with Crippen LogP contribution in [0.2, 0.25) is 0 Å². The lowest BCUT2D eigenvalue weighted by molar-refractivity contribution is 0.00854. The van der Waals surface area contributed by atoms with E-state index >= 15 is 0 Å². The topological polar surface area (TPSA) is 21.3 Å². The van der Waals surface area contributed by atoms with E-state index in [2.05, 4.69) is 5.32 Å². The van der Waals surface area contributed by atoms with Crippen molar-refractivity contribution in [1.82, 2.24) is 5.32 Å². The monoisotopic (exact) mass is 269 g/mol. The Kier molecular flexibility index (Phi) is 5.28. The van der Waals surface area contributed by atoms with E-state index in [1.165, 1.54) is 24.6 Å². The van der Waals surface area contributed by atoms with E-state index in [4.69, 9.17) is 4.74 Å². The Morgan fingerprint density at radius 3 is 2.63 bits per heavy atom. The maximum Gasteiger partial charge on any atom is 0.130 e. The second kappa shape index (κ2) is 6.96. The maximum atomic E-state index is 13.7. The Morgan fingerprint density at radius 1 is 1.32 bits per heavy atom. The van der Waals surface area contributed by atoms with Gasteiger partial charge in [0.2, 0.25) is 0 Å². The maximum absolute atomic E-state index is 13.7.